The number of hydrogen-bond acceptors (Lipinski definition) is 6. The minimum atomic E-state index is -0.833. The molecule has 1 fully saturated rings. The number of fused-ring (bicyclic) bond motifs is 3. The summed E-state index contributed by atoms with van der Waals surface area (Å²) < 4.78 is 16.6. The van der Waals surface area contributed by atoms with Crippen molar-refractivity contribution in [1.29, 1.82) is 0 Å². The Hall–Kier alpha value is -2.25. The third-order valence-electron chi connectivity index (χ3n) is 5.99. The van der Waals surface area contributed by atoms with E-state index in [1.165, 1.54) is 11.1 Å². The van der Waals surface area contributed by atoms with Gasteiger partial charge in [-0.2, -0.15) is 0 Å². The molecule has 2 N–H and O–H groups in total. The minimum absolute atomic E-state index is 0.00644. The van der Waals surface area contributed by atoms with Gasteiger partial charge in [0, 0.05) is 19.4 Å². The number of rotatable bonds is 1. The van der Waals surface area contributed by atoms with E-state index in [9.17, 15) is 5.11 Å². The van der Waals surface area contributed by atoms with E-state index in [1.54, 1.807) is 7.11 Å². The molecule has 1 saturated heterocycles. The van der Waals surface area contributed by atoms with Crippen molar-refractivity contribution in [2.45, 2.75) is 43.7 Å². The van der Waals surface area contributed by atoms with Crippen LogP contribution in [0.25, 0.3) is 0 Å². The summed E-state index contributed by atoms with van der Waals surface area (Å²) >= 11 is 0. The van der Waals surface area contributed by atoms with Gasteiger partial charge in [0.2, 0.25) is 6.79 Å². The van der Waals surface area contributed by atoms with Crippen LogP contribution in [0.5, 0.6) is 11.5 Å². The maximum atomic E-state index is 11.0. The molecule has 0 aromatic heterocycles. The van der Waals surface area contributed by atoms with Crippen LogP contribution in [0.4, 0.5) is 0 Å². The molecule has 0 radical (unpaired) electrons. The minimum Gasteiger partial charge on any atom is -0.499 e. The molecule has 0 saturated carbocycles. The number of carboxylic acids is 1. The molecule has 1 aromatic carbocycles. The Morgan fingerprint density at radius 1 is 1.30 bits per heavy atom. The predicted molar refractivity (Wildman–Crippen MR) is 97.0 cm³/mol. The molecule has 3 aliphatic heterocycles. The smallest absolute Gasteiger partial charge is 0.300 e. The zero-order valence-corrected chi connectivity index (χ0v) is 15.6. The van der Waals surface area contributed by atoms with E-state index in [4.69, 9.17) is 24.1 Å². The highest BCUT2D eigenvalue weighted by atomic mass is 16.7. The number of benzene rings is 1. The van der Waals surface area contributed by atoms with Crippen LogP contribution in [0.1, 0.15) is 36.8 Å². The molecule has 7 heteroatoms. The van der Waals surface area contributed by atoms with Gasteiger partial charge in [0.1, 0.15) is 11.9 Å². The van der Waals surface area contributed by atoms with Crippen LogP contribution in [-0.4, -0.2) is 59.7 Å². The molecular formula is C20H25NO6. The van der Waals surface area contributed by atoms with E-state index in [2.05, 4.69) is 23.1 Å². The second-order valence-corrected chi connectivity index (χ2v) is 7.43. The molecule has 5 rings (SSSR count). The van der Waals surface area contributed by atoms with Crippen molar-refractivity contribution >= 4 is 5.97 Å². The summed E-state index contributed by atoms with van der Waals surface area (Å²) in [5.74, 6) is 1.50. The summed E-state index contributed by atoms with van der Waals surface area (Å²) in [4.78, 5) is 11.5. The number of nitrogens with zero attached hydrogens (tertiary/aromatic N) is 1. The van der Waals surface area contributed by atoms with Crippen molar-refractivity contribution in [2.75, 3.05) is 27.0 Å². The lowest BCUT2D eigenvalue weighted by atomic mass is 9.78. The largest absolute Gasteiger partial charge is 0.499 e. The fraction of sp³-hybridized carbons (Fsp3) is 0.550. The highest BCUT2D eigenvalue weighted by Gasteiger charge is 2.56. The van der Waals surface area contributed by atoms with Gasteiger partial charge in [-0.1, -0.05) is 0 Å². The molecule has 1 spiro atoms. The van der Waals surface area contributed by atoms with Crippen LogP contribution < -0.4 is 9.47 Å². The zero-order chi connectivity index (χ0) is 19.2. The number of methoxy groups -OCH3 is 1. The van der Waals surface area contributed by atoms with Crippen molar-refractivity contribution < 1.29 is 29.2 Å². The summed E-state index contributed by atoms with van der Waals surface area (Å²) in [7, 11) is 1.65. The number of carboxylic acid groups (broad SMARTS) is 1. The fourth-order valence-electron chi connectivity index (χ4n) is 4.99. The van der Waals surface area contributed by atoms with Crippen LogP contribution in [0.15, 0.2) is 24.0 Å². The highest BCUT2D eigenvalue weighted by molar-refractivity contribution is 5.63. The molecule has 3 atom stereocenters. The fourth-order valence-corrected chi connectivity index (χ4v) is 4.99. The first kappa shape index (κ1) is 18.1. The van der Waals surface area contributed by atoms with Gasteiger partial charge in [-0.15, -0.1) is 0 Å². The van der Waals surface area contributed by atoms with Crippen molar-refractivity contribution in [2.24, 2.45) is 0 Å². The van der Waals surface area contributed by atoms with Gasteiger partial charge in [-0.05, 0) is 55.1 Å². The number of hydrogen-bond donors (Lipinski definition) is 2. The maximum absolute atomic E-state index is 11.0. The third kappa shape index (κ3) is 2.85. The van der Waals surface area contributed by atoms with Gasteiger partial charge in [0.25, 0.3) is 5.97 Å². The SMILES string of the molecule is CC(=O)O.COC1=C[C@]23CCCN2CCc2cc4c(cc2[C@@H]3[C@@H]1O)OCO4. The monoisotopic (exact) mass is 375 g/mol. The van der Waals surface area contributed by atoms with Gasteiger partial charge in [0.15, 0.2) is 11.5 Å². The average molecular weight is 375 g/mol. The Balaban J connectivity index is 0.000000413. The molecule has 0 unspecified atom stereocenters. The maximum Gasteiger partial charge on any atom is 0.300 e. The number of aliphatic hydroxyl groups excluding tert-OH is 1. The van der Waals surface area contributed by atoms with E-state index >= 15 is 0 Å². The summed E-state index contributed by atoms with van der Waals surface area (Å²) in [5, 5.41) is 18.4. The first-order valence-corrected chi connectivity index (χ1v) is 9.28. The number of aliphatic hydroxyl groups is 1. The predicted octanol–water partition coefficient (Wildman–Crippen LogP) is 1.89. The first-order chi connectivity index (χ1) is 13.0. The lowest BCUT2D eigenvalue weighted by Crippen LogP contribution is -2.46. The van der Waals surface area contributed by atoms with E-state index in [-0.39, 0.29) is 18.2 Å². The quantitative estimate of drug-likeness (QED) is 0.775. The molecule has 1 aliphatic carbocycles. The first-order valence-electron chi connectivity index (χ1n) is 9.28. The lowest BCUT2D eigenvalue weighted by Gasteiger charge is -2.38. The van der Waals surface area contributed by atoms with Gasteiger partial charge in [-0.25, -0.2) is 0 Å². The van der Waals surface area contributed by atoms with Gasteiger partial charge in [0.05, 0.1) is 12.6 Å². The van der Waals surface area contributed by atoms with Gasteiger partial charge in [-0.3, -0.25) is 9.69 Å². The van der Waals surface area contributed by atoms with Gasteiger partial charge >= 0.3 is 0 Å². The van der Waals surface area contributed by atoms with E-state index in [0.29, 0.717) is 5.76 Å². The molecule has 4 aliphatic rings. The van der Waals surface area contributed by atoms with E-state index in [0.717, 1.165) is 50.8 Å². The Labute approximate surface area is 158 Å². The highest BCUT2D eigenvalue weighted by Crippen LogP contribution is 2.54. The molecule has 146 valence electrons. The third-order valence-corrected chi connectivity index (χ3v) is 5.99. The topological polar surface area (TPSA) is 88.5 Å². The van der Waals surface area contributed by atoms with Crippen molar-refractivity contribution in [3.63, 3.8) is 0 Å². The molecular weight excluding hydrogens is 350 g/mol. The van der Waals surface area contributed by atoms with Crippen molar-refractivity contribution in [3.05, 3.63) is 35.1 Å². The molecule has 0 amide bonds. The Bertz CT molecular complexity index is 787. The Morgan fingerprint density at radius 3 is 2.70 bits per heavy atom. The zero-order valence-electron chi connectivity index (χ0n) is 15.6. The van der Waals surface area contributed by atoms with Gasteiger partial charge < -0.3 is 24.4 Å². The van der Waals surface area contributed by atoms with Crippen LogP contribution >= 0.6 is 0 Å². The summed E-state index contributed by atoms with van der Waals surface area (Å²) in [6.07, 6.45) is 4.78. The number of aliphatic carboxylic acids is 1. The molecule has 1 aromatic rings. The summed E-state index contributed by atoms with van der Waals surface area (Å²) in [6.45, 7) is 3.45. The lowest BCUT2D eigenvalue weighted by molar-refractivity contribution is -0.134. The second kappa shape index (κ2) is 6.73. The Morgan fingerprint density at radius 2 is 2.00 bits per heavy atom. The average Bonchev–Trinajstić information content (AvgIpc) is 3.28. The standard InChI is InChI=1S/C18H21NO4.C2H4O2/c1-21-15-9-18-4-2-5-19(18)6-3-11-7-13-14(23-10-22-13)8-12(11)16(18)17(15)20;1-2(3)4/h7-9,16-17,20H,2-6,10H2,1H3;1H3,(H,3,4)/t16-,17-,18+;/m1./s1. The summed E-state index contributed by atoms with van der Waals surface area (Å²) in [6, 6.07) is 4.19. The van der Waals surface area contributed by atoms with Crippen LogP contribution in [0.3, 0.4) is 0 Å². The van der Waals surface area contributed by atoms with Crippen LogP contribution in [-0.2, 0) is 16.0 Å². The van der Waals surface area contributed by atoms with Crippen molar-refractivity contribution in [1.82, 2.24) is 4.90 Å². The van der Waals surface area contributed by atoms with Crippen LogP contribution in [0.2, 0.25) is 0 Å². The van der Waals surface area contributed by atoms with E-state index < -0.39 is 12.1 Å². The van der Waals surface area contributed by atoms with Crippen molar-refractivity contribution in [3.8, 4) is 11.5 Å². The number of ether oxygens (including phenoxy) is 3. The molecule has 27 heavy (non-hydrogen) atoms. The second-order valence-electron chi connectivity index (χ2n) is 7.43. The molecule has 3 heterocycles. The van der Waals surface area contributed by atoms with E-state index in [1.807, 2.05) is 0 Å². The van der Waals surface area contributed by atoms with Crippen LogP contribution in [0, 0.1) is 0 Å². The summed E-state index contributed by atoms with van der Waals surface area (Å²) in [5.41, 5.74) is 2.33. The number of carbonyl (C=O) groups is 1. The molecule has 7 nitrogen and oxygen atoms in total. The molecule has 0 bridgehead atoms. The Kier molecular flexibility index (Phi) is 4.52. The normalized spacial score (nSPS) is 30.3.